The monoisotopic (exact) mass is 435 g/mol. The van der Waals surface area contributed by atoms with Crippen LogP contribution in [0.3, 0.4) is 0 Å². The highest BCUT2D eigenvalue weighted by molar-refractivity contribution is 5.79. The minimum absolute atomic E-state index is 0.00361. The lowest BCUT2D eigenvalue weighted by molar-refractivity contribution is -0.125. The van der Waals surface area contributed by atoms with Crippen molar-refractivity contribution in [2.75, 3.05) is 24.5 Å². The van der Waals surface area contributed by atoms with Crippen molar-refractivity contribution in [1.82, 2.24) is 40.1 Å². The van der Waals surface area contributed by atoms with Crippen molar-refractivity contribution < 1.29 is 4.79 Å². The van der Waals surface area contributed by atoms with Crippen LogP contribution >= 0.6 is 0 Å². The van der Waals surface area contributed by atoms with Crippen LogP contribution in [-0.4, -0.2) is 60.3 Å². The summed E-state index contributed by atoms with van der Waals surface area (Å²) >= 11 is 0. The van der Waals surface area contributed by atoms with Crippen LogP contribution in [0.5, 0.6) is 0 Å². The van der Waals surface area contributed by atoms with E-state index in [0.717, 1.165) is 55.7 Å². The van der Waals surface area contributed by atoms with Gasteiger partial charge in [0.15, 0.2) is 11.6 Å². The molecule has 5 rings (SSSR count). The number of aromatic nitrogens is 7. The molecule has 1 aliphatic heterocycles. The molecule has 1 N–H and O–H groups in total. The van der Waals surface area contributed by atoms with Crippen molar-refractivity contribution >= 4 is 11.7 Å². The fourth-order valence-corrected chi connectivity index (χ4v) is 4.36. The van der Waals surface area contributed by atoms with Crippen molar-refractivity contribution in [3.8, 4) is 5.82 Å². The minimum Gasteiger partial charge on any atom is -0.354 e. The van der Waals surface area contributed by atoms with E-state index in [4.69, 9.17) is 0 Å². The first kappa shape index (κ1) is 20.3. The number of hydrogen-bond donors (Lipinski definition) is 1. The Bertz CT molecular complexity index is 1140. The molecule has 1 fully saturated rings. The molecule has 32 heavy (non-hydrogen) atoms. The van der Waals surface area contributed by atoms with Gasteiger partial charge in [0.05, 0.1) is 18.2 Å². The van der Waals surface area contributed by atoms with E-state index in [1.165, 1.54) is 11.0 Å². The lowest BCUT2D eigenvalue weighted by Crippen LogP contribution is -2.44. The maximum Gasteiger partial charge on any atom is 0.267 e. The SMILES string of the molecule is O=C(NCCn1nc2c(cc1=O)CCC2)C1CCCN(c2ccc(-n3cncn3)nn2)C1. The number of nitrogens with zero attached hydrogens (tertiary/aromatic N) is 8. The molecule has 0 saturated carbocycles. The molecule has 11 nitrogen and oxygen atoms in total. The molecule has 1 atom stereocenters. The zero-order chi connectivity index (χ0) is 21.9. The van der Waals surface area contributed by atoms with Gasteiger partial charge in [0.25, 0.3) is 5.56 Å². The number of hydrogen-bond acceptors (Lipinski definition) is 8. The van der Waals surface area contributed by atoms with E-state index in [-0.39, 0.29) is 17.4 Å². The van der Waals surface area contributed by atoms with Crippen molar-refractivity contribution in [3.05, 3.63) is 52.5 Å². The molecule has 11 heteroatoms. The minimum atomic E-state index is -0.134. The Morgan fingerprint density at radius 3 is 2.84 bits per heavy atom. The third-order valence-corrected chi connectivity index (χ3v) is 6.05. The molecule has 1 saturated heterocycles. The van der Waals surface area contributed by atoms with Crippen LogP contribution in [0, 0.1) is 5.92 Å². The summed E-state index contributed by atoms with van der Waals surface area (Å²) in [5.74, 6) is 1.19. The first-order valence-corrected chi connectivity index (χ1v) is 11.0. The predicted molar refractivity (Wildman–Crippen MR) is 115 cm³/mol. The molecule has 0 bridgehead atoms. The highest BCUT2D eigenvalue weighted by Crippen LogP contribution is 2.22. The number of piperidine rings is 1. The number of rotatable bonds is 6. The van der Waals surface area contributed by atoms with E-state index in [9.17, 15) is 9.59 Å². The second kappa shape index (κ2) is 8.85. The normalized spacial score (nSPS) is 17.9. The van der Waals surface area contributed by atoms with E-state index in [1.54, 1.807) is 17.1 Å². The average Bonchev–Trinajstić information content (AvgIpc) is 3.51. The van der Waals surface area contributed by atoms with Gasteiger partial charge in [0.2, 0.25) is 5.91 Å². The Morgan fingerprint density at radius 2 is 2.03 bits per heavy atom. The Balaban J connectivity index is 1.16. The topological polar surface area (TPSA) is 124 Å². The molecule has 0 spiro atoms. The zero-order valence-corrected chi connectivity index (χ0v) is 17.7. The number of aryl methyl sites for hydroxylation is 2. The maximum absolute atomic E-state index is 12.7. The molecule has 3 aromatic heterocycles. The third kappa shape index (κ3) is 4.23. The maximum atomic E-state index is 12.7. The molecule has 2 aliphatic rings. The van der Waals surface area contributed by atoms with Crippen LogP contribution in [0.15, 0.2) is 35.6 Å². The second-order valence-electron chi connectivity index (χ2n) is 8.20. The molecular weight excluding hydrogens is 410 g/mol. The quantitative estimate of drug-likeness (QED) is 0.580. The second-order valence-corrected chi connectivity index (χ2v) is 8.20. The van der Waals surface area contributed by atoms with Crippen molar-refractivity contribution in [2.24, 2.45) is 5.92 Å². The van der Waals surface area contributed by atoms with Gasteiger partial charge < -0.3 is 10.2 Å². The van der Waals surface area contributed by atoms with Gasteiger partial charge in [0, 0.05) is 25.7 Å². The molecule has 1 amide bonds. The molecule has 0 aromatic carbocycles. The smallest absolute Gasteiger partial charge is 0.267 e. The Labute approximate surface area is 184 Å². The summed E-state index contributed by atoms with van der Waals surface area (Å²) < 4.78 is 3.01. The molecule has 1 aliphatic carbocycles. The van der Waals surface area contributed by atoms with Gasteiger partial charge in [-0.25, -0.2) is 14.3 Å². The zero-order valence-electron chi connectivity index (χ0n) is 17.7. The van der Waals surface area contributed by atoms with Gasteiger partial charge in [-0.05, 0) is 49.8 Å². The molecular formula is C21H25N9O2. The van der Waals surface area contributed by atoms with Gasteiger partial charge in [-0.2, -0.15) is 10.2 Å². The summed E-state index contributed by atoms with van der Waals surface area (Å²) in [6.07, 6.45) is 7.63. The van der Waals surface area contributed by atoms with Gasteiger partial charge in [-0.1, -0.05) is 0 Å². The van der Waals surface area contributed by atoms with E-state index >= 15 is 0 Å². The van der Waals surface area contributed by atoms with Gasteiger partial charge >= 0.3 is 0 Å². The predicted octanol–water partition coefficient (Wildman–Crippen LogP) is 0.135. The fourth-order valence-electron chi connectivity index (χ4n) is 4.36. The Hall–Kier alpha value is -3.63. The first-order chi connectivity index (χ1) is 15.7. The summed E-state index contributed by atoms with van der Waals surface area (Å²) in [6, 6.07) is 5.41. The number of carbonyl (C=O) groups is 1. The van der Waals surface area contributed by atoms with Crippen molar-refractivity contribution in [2.45, 2.75) is 38.6 Å². The largest absolute Gasteiger partial charge is 0.354 e. The molecule has 4 heterocycles. The third-order valence-electron chi connectivity index (χ3n) is 6.05. The molecule has 1 unspecified atom stereocenters. The lowest BCUT2D eigenvalue weighted by atomic mass is 9.97. The highest BCUT2D eigenvalue weighted by Gasteiger charge is 2.26. The molecule has 166 valence electrons. The van der Waals surface area contributed by atoms with Crippen molar-refractivity contribution in [1.29, 1.82) is 0 Å². The van der Waals surface area contributed by atoms with E-state index in [2.05, 4.69) is 35.6 Å². The van der Waals surface area contributed by atoms with Gasteiger partial charge in [-0.15, -0.1) is 10.2 Å². The van der Waals surface area contributed by atoms with Crippen LogP contribution in [0.25, 0.3) is 5.82 Å². The summed E-state index contributed by atoms with van der Waals surface area (Å²) in [7, 11) is 0. The summed E-state index contributed by atoms with van der Waals surface area (Å²) in [6.45, 7) is 2.17. The molecule has 0 radical (unpaired) electrons. The Kier molecular flexibility index (Phi) is 5.61. The number of anilines is 1. The number of carbonyl (C=O) groups excluding carboxylic acids is 1. The summed E-state index contributed by atoms with van der Waals surface area (Å²) in [5.41, 5.74) is 1.97. The number of fused-ring (bicyclic) bond motifs is 1. The van der Waals surface area contributed by atoms with Crippen LogP contribution < -0.4 is 15.8 Å². The van der Waals surface area contributed by atoms with Gasteiger partial charge in [0.1, 0.15) is 12.7 Å². The number of nitrogens with one attached hydrogen (secondary N) is 1. The van der Waals surface area contributed by atoms with Crippen LogP contribution in [0.2, 0.25) is 0 Å². The van der Waals surface area contributed by atoms with E-state index < -0.39 is 0 Å². The number of amides is 1. The summed E-state index contributed by atoms with van der Waals surface area (Å²) in [5, 5.41) is 20.0. The van der Waals surface area contributed by atoms with Crippen LogP contribution in [0.1, 0.15) is 30.5 Å². The van der Waals surface area contributed by atoms with Gasteiger partial charge in [-0.3, -0.25) is 9.59 Å². The van der Waals surface area contributed by atoms with Crippen LogP contribution in [-0.2, 0) is 24.2 Å². The lowest BCUT2D eigenvalue weighted by Gasteiger charge is -2.32. The average molecular weight is 435 g/mol. The fraction of sp³-hybridized carbons (Fsp3) is 0.476. The van der Waals surface area contributed by atoms with E-state index in [0.29, 0.717) is 25.5 Å². The van der Waals surface area contributed by atoms with Crippen molar-refractivity contribution in [3.63, 3.8) is 0 Å². The Morgan fingerprint density at radius 1 is 1.16 bits per heavy atom. The van der Waals surface area contributed by atoms with Crippen LogP contribution in [0.4, 0.5) is 5.82 Å². The highest BCUT2D eigenvalue weighted by atomic mass is 16.2. The molecule has 3 aromatic rings. The standard InChI is InChI=1S/C21H25N9O2/c31-20-11-15-3-1-5-17(15)27-29(20)10-8-23-21(32)16-4-2-9-28(12-16)18-6-7-19(26-25-18)30-14-22-13-24-30/h6-7,11,13-14,16H,1-5,8-10,12H2,(H,23,32). The van der Waals surface area contributed by atoms with E-state index in [1.807, 2.05) is 12.1 Å². The summed E-state index contributed by atoms with van der Waals surface area (Å²) in [4.78, 5) is 31.0. The first-order valence-electron chi connectivity index (χ1n) is 11.0.